The quantitative estimate of drug-likeness (QED) is 0.802. The van der Waals surface area contributed by atoms with Gasteiger partial charge >= 0.3 is 5.97 Å². The van der Waals surface area contributed by atoms with Crippen molar-refractivity contribution in [2.45, 2.75) is 25.4 Å². The van der Waals surface area contributed by atoms with E-state index >= 15 is 0 Å². The van der Waals surface area contributed by atoms with E-state index in [2.05, 4.69) is 5.32 Å². The van der Waals surface area contributed by atoms with Crippen LogP contribution in [0.15, 0.2) is 24.3 Å². The molecular formula is C15H19NO5. The van der Waals surface area contributed by atoms with Crippen LogP contribution in [0, 0.1) is 5.92 Å². The van der Waals surface area contributed by atoms with Crippen molar-refractivity contribution in [2.24, 2.45) is 5.92 Å². The van der Waals surface area contributed by atoms with Crippen LogP contribution in [-0.4, -0.2) is 36.3 Å². The molecule has 0 aliphatic heterocycles. The van der Waals surface area contributed by atoms with Gasteiger partial charge < -0.3 is 19.9 Å². The van der Waals surface area contributed by atoms with Crippen LogP contribution in [0.5, 0.6) is 5.75 Å². The van der Waals surface area contributed by atoms with Crippen LogP contribution in [0.4, 0.5) is 5.69 Å². The molecule has 0 heterocycles. The molecule has 0 aromatic heterocycles. The van der Waals surface area contributed by atoms with E-state index in [0.29, 0.717) is 11.4 Å². The van der Waals surface area contributed by atoms with Gasteiger partial charge in [0, 0.05) is 12.8 Å². The highest BCUT2D eigenvalue weighted by atomic mass is 16.5. The van der Waals surface area contributed by atoms with Crippen molar-refractivity contribution in [3.8, 4) is 5.75 Å². The molecule has 1 aliphatic rings. The maximum absolute atomic E-state index is 12.3. The first-order chi connectivity index (χ1) is 9.95. The van der Waals surface area contributed by atoms with Gasteiger partial charge in [-0.15, -0.1) is 0 Å². The SMILES string of the molecule is CO[C@](C)(C(=O)Nc1ccc(OCC(=O)O)cc1)C1CC1. The van der Waals surface area contributed by atoms with E-state index in [-0.39, 0.29) is 11.8 Å². The number of carbonyl (C=O) groups excluding carboxylic acids is 1. The van der Waals surface area contributed by atoms with Gasteiger partial charge in [-0.1, -0.05) is 0 Å². The van der Waals surface area contributed by atoms with Gasteiger partial charge in [0.2, 0.25) is 0 Å². The molecule has 0 unspecified atom stereocenters. The summed E-state index contributed by atoms with van der Waals surface area (Å²) in [6, 6.07) is 6.55. The minimum absolute atomic E-state index is 0.174. The van der Waals surface area contributed by atoms with Crippen molar-refractivity contribution >= 4 is 17.6 Å². The summed E-state index contributed by atoms with van der Waals surface area (Å²) in [5.41, 5.74) is -0.190. The average molecular weight is 293 g/mol. The Kier molecular flexibility index (Phi) is 4.47. The standard InChI is InChI=1S/C15H19NO5/c1-15(20-2,10-3-4-10)14(19)16-11-5-7-12(8-6-11)21-9-13(17)18/h5-8,10H,3-4,9H2,1-2H3,(H,16,19)(H,17,18)/t15-/m0/s1. The monoisotopic (exact) mass is 293 g/mol. The second-order valence-electron chi connectivity index (χ2n) is 5.25. The summed E-state index contributed by atoms with van der Waals surface area (Å²) in [4.78, 5) is 22.7. The molecule has 0 bridgehead atoms. The summed E-state index contributed by atoms with van der Waals surface area (Å²) in [6.45, 7) is 1.40. The number of amides is 1. The molecule has 21 heavy (non-hydrogen) atoms. The molecule has 0 spiro atoms. The molecule has 2 N–H and O–H groups in total. The number of carbonyl (C=O) groups is 2. The lowest BCUT2D eigenvalue weighted by atomic mass is 9.99. The number of hydrogen-bond acceptors (Lipinski definition) is 4. The minimum atomic E-state index is -1.03. The van der Waals surface area contributed by atoms with E-state index in [1.165, 1.54) is 0 Å². The number of hydrogen-bond donors (Lipinski definition) is 2. The topological polar surface area (TPSA) is 84.9 Å². The lowest BCUT2D eigenvalue weighted by Gasteiger charge is -2.26. The van der Waals surface area contributed by atoms with Crippen molar-refractivity contribution in [2.75, 3.05) is 19.0 Å². The fraction of sp³-hybridized carbons (Fsp3) is 0.467. The molecule has 6 nitrogen and oxygen atoms in total. The predicted octanol–water partition coefficient (Wildman–Crippen LogP) is 1.90. The Labute approximate surface area is 123 Å². The molecule has 1 saturated carbocycles. The third-order valence-electron chi connectivity index (χ3n) is 3.71. The first-order valence-electron chi connectivity index (χ1n) is 6.77. The van der Waals surface area contributed by atoms with Crippen molar-refractivity contribution in [1.82, 2.24) is 0 Å². The maximum atomic E-state index is 12.3. The number of benzene rings is 1. The number of carboxylic acids is 1. The van der Waals surface area contributed by atoms with Crippen LogP contribution >= 0.6 is 0 Å². The summed E-state index contributed by atoms with van der Waals surface area (Å²) >= 11 is 0. The zero-order valence-corrected chi connectivity index (χ0v) is 12.1. The highest BCUT2D eigenvalue weighted by Crippen LogP contribution is 2.42. The molecule has 1 aliphatic carbocycles. The van der Waals surface area contributed by atoms with Gasteiger partial charge in [0.15, 0.2) is 6.61 Å². The summed E-state index contributed by atoms with van der Waals surface area (Å²) < 4.78 is 10.4. The molecule has 1 atom stereocenters. The van der Waals surface area contributed by atoms with E-state index in [4.69, 9.17) is 14.6 Å². The van der Waals surface area contributed by atoms with Gasteiger partial charge in [0.1, 0.15) is 11.4 Å². The molecule has 114 valence electrons. The van der Waals surface area contributed by atoms with Crippen LogP contribution < -0.4 is 10.1 Å². The molecule has 0 radical (unpaired) electrons. The number of nitrogens with one attached hydrogen (secondary N) is 1. The van der Waals surface area contributed by atoms with E-state index in [0.717, 1.165) is 12.8 Å². The number of carboxylic acid groups (broad SMARTS) is 1. The van der Waals surface area contributed by atoms with Crippen LogP contribution in [-0.2, 0) is 14.3 Å². The Bertz CT molecular complexity index is 523. The summed E-state index contributed by atoms with van der Waals surface area (Å²) in [7, 11) is 1.54. The average Bonchev–Trinajstić information content (AvgIpc) is 3.30. The molecule has 1 aromatic carbocycles. The summed E-state index contributed by atoms with van der Waals surface area (Å²) in [5.74, 6) is -0.507. The zero-order valence-electron chi connectivity index (χ0n) is 12.1. The zero-order chi connectivity index (χ0) is 15.5. The van der Waals surface area contributed by atoms with E-state index in [1.807, 2.05) is 0 Å². The van der Waals surface area contributed by atoms with E-state index < -0.39 is 18.2 Å². The van der Waals surface area contributed by atoms with Crippen molar-refractivity contribution in [3.05, 3.63) is 24.3 Å². The van der Waals surface area contributed by atoms with Crippen LogP contribution in [0.2, 0.25) is 0 Å². The normalized spacial score (nSPS) is 16.9. The number of ether oxygens (including phenoxy) is 2. The number of methoxy groups -OCH3 is 1. The van der Waals surface area contributed by atoms with Crippen molar-refractivity contribution in [3.63, 3.8) is 0 Å². The van der Waals surface area contributed by atoms with Crippen molar-refractivity contribution in [1.29, 1.82) is 0 Å². The minimum Gasteiger partial charge on any atom is -0.482 e. The fourth-order valence-corrected chi connectivity index (χ4v) is 2.11. The molecule has 2 rings (SSSR count). The summed E-state index contributed by atoms with van der Waals surface area (Å²) in [5, 5.41) is 11.3. The number of aliphatic carboxylic acids is 1. The van der Waals surface area contributed by atoms with Gasteiger partial charge in [-0.25, -0.2) is 4.79 Å². The molecular weight excluding hydrogens is 274 g/mol. The van der Waals surface area contributed by atoms with Crippen LogP contribution in [0.3, 0.4) is 0 Å². The lowest BCUT2D eigenvalue weighted by Crippen LogP contribution is -2.44. The first kappa shape index (κ1) is 15.3. The fourth-order valence-electron chi connectivity index (χ4n) is 2.11. The molecule has 0 saturated heterocycles. The largest absolute Gasteiger partial charge is 0.482 e. The van der Waals surface area contributed by atoms with E-state index in [9.17, 15) is 9.59 Å². The smallest absolute Gasteiger partial charge is 0.341 e. The van der Waals surface area contributed by atoms with Gasteiger partial charge in [-0.05, 0) is 49.9 Å². The third kappa shape index (κ3) is 3.72. The Balaban J connectivity index is 1.96. The number of anilines is 1. The van der Waals surface area contributed by atoms with Gasteiger partial charge in [0.25, 0.3) is 5.91 Å². The third-order valence-corrected chi connectivity index (χ3v) is 3.71. The van der Waals surface area contributed by atoms with Gasteiger partial charge in [0.05, 0.1) is 0 Å². The lowest BCUT2D eigenvalue weighted by molar-refractivity contribution is -0.139. The maximum Gasteiger partial charge on any atom is 0.341 e. The Morgan fingerprint density at radius 1 is 1.33 bits per heavy atom. The van der Waals surface area contributed by atoms with Gasteiger partial charge in [-0.2, -0.15) is 0 Å². The Morgan fingerprint density at radius 2 is 1.95 bits per heavy atom. The predicted molar refractivity (Wildman–Crippen MR) is 76.3 cm³/mol. The first-order valence-corrected chi connectivity index (χ1v) is 6.77. The van der Waals surface area contributed by atoms with Crippen molar-refractivity contribution < 1.29 is 24.2 Å². The summed E-state index contributed by atoms with van der Waals surface area (Å²) in [6.07, 6.45) is 2.00. The van der Waals surface area contributed by atoms with E-state index in [1.54, 1.807) is 38.3 Å². The molecule has 6 heteroatoms. The van der Waals surface area contributed by atoms with Crippen LogP contribution in [0.25, 0.3) is 0 Å². The second kappa shape index (κ2) is 6.13. The Hall–Kier alpha value is -2.08. The number of rotatable bonds is 7. The highest BCUT2D eigenvalue weighted by Gasteiger charge is 2.47. The second-order valence-corrected chi connectivity index (χ2v) is 5.25. The highest BCUT2D eigenvalue weighted by molar-refractivity contribution is 5.97. The van der Waals surface area contributed by atoms with Crippen LogP contribution in [0.1, 0.15) is 19.8 Å². The Morgan fingerprint density at radius 3 is 2.43 bits per heavy atom. The molecule has 1 fully saturated rings. The van der Waals surface area contributed by atoms with Gasteiger partial charge in [-0.3, -0.25) is 4.79 Å². The molecule has 1 amide bonds. The molecule has 1 aromatic rings.